The molecule has 0 radical (unpaired) electrons. The first-order valence-corrected chi connectivity index (χ1v) is 6.35. The van der Waals surface area contributed by atoms with Gasteiger partial charge < -0.3 is 4.57 Å². The third-order valence-electron chi connectivity index (χ3n) is 2.93. The summed E-state index contributed by atoms with van der Waals surface area (Å²) in [6.45, 7) is 1.12. The fourth-order valence-electron chi connectivity index (χ4n) is 1.99. The Morgan fingerprint density at radius 3 is 2.93 bits per heavy atom. The van der Waals surface area contributed by atoms with Gasteiger partial charge in [-0.1, -0.05) is 27.5 Å². The van der Waals surface area contributed by atoms with Crippen LogP contribution in [0.25, 0.3) is 10.9 Å². The number of halogens is 2. The van der Waals surface area contributed by atoms with E-state index in [-0.39, 0.29) is 0 Å². The number of nitrogens with zero attached hydrogens (tertiary/aromatic N) is 1. The molecule has 0 spiro atoms. The van der Waals surface area contributed by atoms with E-state index in [0.29, 0.717) is 0 Å². The number of aromatic nitrogens is 1. The van der Waals surface area contributed by atoms with Crippen molar-refractivity contribution in [3.05, 3.63) is 33.9 Å². The van der Waals surface area contributed by atoms with Crippen LogP contribution in [0.2, 0.25) is 5.02 Å². The number of rotatable bonds is 2. The fraction of sp³-hybridized carbons (Fsp3) is 0.333. The summed E-state index contributed by atoms with van der Waals surface area (Å²) in [5, 5.41) is 2.06. The van der Waals surface area contributed by atoms with Crippen LogP contribution in [0.1, 0.15) is 12.8 Å². The smallest absolute Gasteiger partial charge is 0.0670 e. The predicted molar refractivity (Wildman–Crippen MR) is 67.4 cm³/mol. The molecule has 0 saturated heterocycles. The van der Waals surface area contributed by atoms with E-state index in [2.05, 4.69) is 38.8 Å². The molecule has 1 aromatic carbocycles. The molecular formula is C12H11BrClN. The van der Waals surface area contributed by atoms with Crippen LogP contribution < -0.4 is 0 Å². The second-order valence-electron chi connectivity index (χ2n) is 4.24. The van der Waals surface area contributed by atoms with E-state index in [1.165, 1.54) is 23.7 Å². The lowest BCUT2D eigenvalue weighted by atomic mass is 10.2. The number of hydrogen-bond donors (Lipinski definition) is 0. The topological polar surface area (TPSA) is 4.93 Å². The van der Waals surface area contributed by atoms with Crippen LogP contribution in [0.15, 0.2) is 28.9 Å². The molecule has 0 unspecified atom stereocenters. The summed E-state index contributed by atoms with van der Waals surface area (Å²) in [5.41, 5.74) is 1.17. The van der Waals surface area contributed by atoms with Crippen LogP contribution in [-0.2, 0) is 6.54 Å². The SMILES string of the molecule is Clc1cc(Br)cc2ccn(CC3CC3)c12. The summed E-state index contributed by atoms with van der Waals surface area (Å²) in [6, 6.07) is 6.21. The van der Waals surface area contributed by atoms with Gasteiger partial charge in [-0.15, -0.1) is 0 Å². The van der Waals surface area contributed by atoms with Crippen LogP contribution in [0, 0.1) is 5.92 Å². The third-order valence-corrected chi connectivity index (χ3v) is 3.68. The van der Waals surface area contributed by atoms with Crippen molar-refractivity contribution in [1.82, 2.24) is 4.57 Å². The van der Waals surface area contributed by atoms with Gasteiger partial charge in [0.25, 0.3) is 0 Å². The Balaban J connectivity index is 2.14. The molecule has 3 rings (SSSR count). The summed E-state index contributed by atoms with van der Waals surface area (Å²) in [4.78, 5) is 0. The first-order valence-electron chi connectivity index (χ1n) is 5.18. The molecule has 1 fully saturated rings. The molecule has 0 amide bonds. The highest BCUT2D eigenvalue weighted by atomic mass is 79.9. The van der Waals surface area contributed by atoms with Gasteiger partial charge in [0.05, 0.1) is 10.5 Å². The van der Waals surface area contributed by atoms with Crippen molar-refractivity contribution in [2.45, 2.75) is 19.4 Å². The molecular weight excluding hydrogens is 273 g/mol. The van der Waals surface area contributed by atoms with Gasteiger partial charge in [0, 0.05) is 22.6 Å². The average molecular weight is 285 g/mol. The highest BCUT2D eigenvalue weighted by molar-refractivity contribution is 9.10. The summed E-state index contributed by atoms with van der Waals surface area (Å²) in [5.74, 6) is 0.875. The Morgan fingerprint density at radius 2 is 2.20 bits per heavy atom. The Morgan fingerprint density at radius 1 is 1.40 bits per heavy atom. The first-order chi connectivity index (χ1) is 7.24. The second-order valence-corrected chi connectivity index (χ2v) is 5.56. The number of hydrogen-bond acceptors (Lipinski definition) is 0. The fourth-order valence-corrected chi connectivity index (χ4v) is 2.93. The zero-order chi connectivity index (χ0) is 10.4. The Labute approximate surface area is 102 Å². The molecule has 15 heavy (non-hydrogen) atoms. The van der Waals surface area contributed by atoms with E-state index >= 15 is 0 Å². The highest BCUT2D eigenvalue weighted by Crippen LogP contribution is 2.34. The van der Waals surface area contributed by atoms with Gasteiger partial charge in [-0.25, -0.2) is 0 Å². The van der Waals surface area contributed by atoms with E-state index in [0.717, 1.165) is 22.0 Å². The molecule has 3 heteroatoms. The van der Waals surface area contributed by atoms with Crippen LogP contribution in [0.5, 0.6) is 0 Å². The Kier molecular flexibility index (Phi) is 2.29. The average Bonchev–Trinajstić information content (AvgIpc) is 2.87. The molecule has 0 N–H and O–H groups in total. The molecule has 1 heterocycles. The normalized spacial score (nSPS) is 16.1. The maximum absolute atomic E-state index is 6.26. The largest absolute Gasteiger partial charge is 0.346 e. The molecule has 1 aliphatic carbocycles. The second kappa shape index (κ2) is 3.53. The molecule has 0 aliphatic heterocycles. The maximum atomic E-state index is 6.26. The van der Waals surface area contributed by atoms with E-state index in [1.54, 1.807) is 0 Å². The summed E-state index contributed by atoms with van der Waals surface area (Å²) in [7, 11) is 0. The molecule has 2 aromatic rings. The van der Waals surface area contributed by atoms with Crippen LogP contribution in [0.4, 0.5) is 0 Å². The minimum atomic E-state index is 0.838. The molecule has 1 nitrogen and oxygen atoms in total. The van der Waals surface area contributed by atoms with Gasteiger partial charge in [-0.2, -0.15) is 0 Å². The first kappa shape index (κ1) is 9.73. The van der Waals surface area contributed by atoms with Crippen LogP contribution in [0.3, 0.4) is 0 Å². The highest BCUT2D eigenvalue weighted by Gasteiger charge is 2.22. The van der Waals surface area contributed by atoms with Crippen molar-refractivity contribution in [3.8, 4) is 0 Å². The van der Waals surface area contributed by atoms with Gasteiger partial charge in [-0.3, -0.25) is 0 Å². The number of fused-ring (bicyclic) bond motifs is 1. The zero-order valence-corrected chi connectivity index (χ0v) is 10.6. The molecule has 0 atom stereocenters. The van der Waals surface area contributed by atoms with Crippen molar-refractivity contribution >= 4 is 38.4 Å². The van der Waals surface area contributed by atoms with E-state index < -0.39 is 0 Å². The minimum Gasteiger partial charge on any atom is -0.346 e. The lowest BCUT2D eigenvalue weighted by Crippen LogP contribution is -1.97. The molecule has 1 aliphatic rings. The zero-order valence-electron chi connectivity index (χ0n) is 8.21. The minimum absolute atomic E-state index is 0.838. The van der Waals surface area contributed by atoms with E-state index in [4.69, 9.17) is 11.6 Å². The van der Waals surface area contributed by atoms with Crippen molar-refractivity contribution < 1.29 is 0 Å². The summed E-state index contributed by atoms with van der Waals surface area (Å²) < 4.78 is 3.33. The lowest BCUT2D eigenvalue weighted by molar-refractivity contribution is 0.647. The van der Waals surface area contributed by atoms with Gasteiger partial charge in [0.15, 0.2) is 0 Å². The summed E-state index contributed by atoms with van der Waals surface area (Å²) >= 11 is 9.72. The van der Waals surface area contributed by atoms with Gasteiger partial charge in [0.1, 0.15) is 0 Å². The van der Waals surface area contributed by atoms with E-state index in [1.807, 2.05) is 6.07 Å². The Bertz CT molecular complexity index is 514. The van der Waals surface area contributed by atoms with Crippen LogP contribution in [-0.4, -0.2) is 4.57 Å². The summed E-state index contributed by atoms with van der Waals surface area (Å²) in [6.07, 6.45) is 4.88. The van der Waals surface area contributed by atoms with Crippen molar-refractivity contribution in [2.75, 3.05) is 0 Å². The quantitative estimate of drug-likeness (QED) is 0.767. The molecule has 78 valence electrons. The monoisotopic (exact) mass is 283 g/mol. The standard InChI is InChI=1S/C12H11BrClN/c13-10-5-9-3-4-15(7-8-1-2-8)12(9)11(14)6-10/h3-6,8H,1-2,7H2. The molecule has 1 aromatic heterocycles. The van der Waals surface area contributed by atoms with Gasteiger partial charge in [0.2, 0.25) is 0 Å². The number of benzene rings is 1. The lowest BCUT2D eigenvalue weighted by Gasteiger charge is -2.05. The van der Waals surface area contributed by atoms with Crippen molar-refractivity contribution in [2.24, 2.45) is 5.92 Å². The predicted octanol–water partition coefficient (Wildman–Crippen LogP) is 4.47. The van der Waals surface area contributed by atoms with Gasteiger partial charge in [-0.05, 0) is 37.0 Å². The van der Waals surface area contributed by atoms with Crippen molar-refractivity contribution in [3.63, 3.8) is 0 Å². The van der Waals surface area contributed by atoms with E-state index in [9.17, 15) is 0 Å². The van der Waals surface area contributed by atoms with Gasteiger partial charge >= 0.3 is 0 Å². The molecule has 0 bridgehead atoms. The maximum Gasteiger partial charge on any atom is 0.0670 e. The molecule has 1 saturated carbocycles. The van der Waals surface area contributed by atoms with Crippen molar-refractivity contribution in [1.29, 1.82) is 0 Å². The third kappa shape index (κ3) is 1.81. The Hall–Kier alpha value is -0.470. The van der Waals surface area contributed by atoms with Crippen LogP contribution >= 0.6 is 27.5 Å².